The molecule has 1 atom stereocenters. The maximum absolute atomic E-state index is 13.3. The van der Waals surface area contributed by atoms with Crippen molar-refractivity contribution >= 4 is 29.1 Å². The summed E-state index contributed by atoms with van der Waals surface area (Å²) in [5.74, 6) is -0.247. The number of nitrogens with zero attached hydrogens (tertiary/aromatic N) is 2. The van der Waals surface area contributed by atoms with Crippen molar-refractivity contribution in [3.8, 4) is 11.5 Å². The van der Waals surface area contributed by atoms with E-state index in [1.807, 2.05) is 35.2 Å². The smallest absolute Gasteiger partial charge is 0.387 e. The van der Waals surface area contributed by atoms with Gasteiger partial charge in [0.15, 0.2) is 0 Å². The number of hydrogen-bond donors (Lipinski definition) is 1. The Morgan fingerprint density at radius 2 is 1.71 bits per heavy atom. The van der Waals surface area contributed by atoms with Gasteiger partial charge in [-0.2, -0.15) is 8.78 Å². The van der Waals surface area contributed by atoms with Crippen LogP contribution in [0, 0.1) is 5.92 Å². The quantitative estimate of drug-likeness (QED) is 0.402. The zero-order chi connectivity index (χ0) is 28.9. The number of hydrogen-bond acceptors (Lipinski definition) is 5. The molecule has 41 heavy (non-hydrogen) atoms. The third kappa shape index (κ3) is 6.48. The molecule has 2 aliphatic rings. The van der Waals surface area contributed by atoms with Crippen LogP contribution in [0.15, 0.2) is 72.8 Å². The molecule has 2 aliphatic heterocycles. The summed E-state index contributed by atoms with van der Waals surface area (Å²) in [6.45, 7) is -1.46. The fourth-order valence-electron chi connectivity index (χ4n) is 5.48. The topological polar surface area (TPSA) is 88.2 Å². The van der Waals surface area contributed by atoms with Gasteiger partial charge in [0.25, 0.3) is 5.91 Å². The number of carbonyl (C=O) groups excluding carboxylic acids is 3. The first-order valence-corrected chi connectivity index (χ1v) is 13.5. The van der Waals surface area contributed by atoms with Gasteiger partial charge in [-0.15, -0.1) is 0 Å². The van der Waals surface area contributed by atoms with Gasteiger partial charge in [-0.3, -0.25) is 14.4 Å². The number of piperidine rings is 1. The number of halogens is 2. The summed E-state index contributed by atoms with van der Waals surface area (Å²) in [4.78, 5) is 42.1. The molecule has 1 unspecified atom stereocenters. The summed E-state index contributed by atoms with van der Waals surface area (Å²) in [5.41, 5.74) is 2.37. The first-order chi connectivity index (χ1) is 19.8. The van der Waals surface area contributed by atoms with Crippen LogP contribution in [0.25, 0.3) is 0 Å². The van der Waals surface area contributed by atoms with Crippen molar-refractivity contribution in [3.63, 3.8) is 0 Å². The number of para-hydroxylation sites is 1. The summed E-state index contributed by atoms with van der Waals surface area (Å²) in [6, 6.07) is 20.5. The van der Waals surface area contributed by atoms with Gasteiger partial charge in [0, 0.05) is 43.5 Å². The molecule has 3 amide bonds. The molecule has 2 fully saturated rings. The van der Waals surface area contributed by atoms with E-state index in [4.69, 9.17) is 4.74 Å². The highest BCUT2D eigenvalue weighted by molar-refractivity contribution is 6.06. The molecule has 0 bridgehead atoms. The van der Waals surface area contributed by atoms with Crippen molar-refractivity contribution in [2.24, 2.45) is 5.92 Å². The molecule has 214 valence electrons. The van der Waals surface area contributed by atoms with Gasteiger partial charge < -0.3 is 24.6 Å². The van der Waals surface area contributed by atoms with Crippen molar-refractivity contribution in [1.82, 2.24) is 4.90 Å². The van der Waals surface area contributed by atoms with Crippen LogP contribution in [-0.4, -0.2) is 56.0 Å². The second-order valence-corrected chi connectivity index (χ2v) is 10.2. The highest BCUT2D eigenvalue weighted by atomic mass is 19.3. The van der Waals surface area contributed by atoms with Gasteiger partial charge in [0.1, 0.15) is 11.5 Å². The van der Waals surface area contributed by atoms with Crippen molar-refractivity contribution in [2.45, 2.75) is 31.8 Å². The molecule has 1 N–H and O–H groups in total. The van der Waals surface area contributed by atoms with E-state index in [-0.39, 0.29) is 41.4 Å². The molecule has 0 aromatic heterocycles. The number of alkyl halides is 2. The lowest BCUT2D eigenvalue weighted by molar-refractivity contribution is -0.136. The second kappa shape index (κ2) is 12.4. The van der Waals surface area contributed by atoms with Gasteiger partial charge in [-0.05, 0) is 60.7 Å². The van der Waals surface area contributed by atoms with Gasteiger partial charge in [0.2, 0.25) is 11.8 Å². The first kappa shape index (κ1) is 28.1. The summed E-state index contributed by atoms with van der Waals surface area (Å²) in [5, 5.41) is 2.73. The Bertz CT molecular complexity index is 1410. The van der Waals surface area contributed by atoms with Gasteiger partial charge in [0.05, 0.1) is 18.6 Å². The fourth-order valence-corrected chi connectivity index (χ4v) is 5.48. The number of anilines is 2. The average Bonchev–Trinajstić information content (AvgIpc) is 3.38. The SMILES string of the molecule is COc1cccc(N2CC(C(=O)N3CCC(c4ccc(NC(=O)c5ccccc5OC(F)F)cc4)CC3)CC2=O)c1. The van der Waals surface area contributed by atoms with E-state index in [0.717, 1.165) is 24.1 Å². The molecule has 3 aromatic rings. The molecule has 5 rings (SSSR count). The Hall–Kier alpha value is -4.47. The zero-order valence-electron chi connectivity index (χ0n) is 22.6. The molecule has 10 heteroatoms. The second-order valence-electron chi connectivity index (χ2n) is 10.2. The van der Waals surface area contributed by atoms with E-state index >= 15 is 0 Å². The maximum atomic E-state index is 13.3. The predicted octanol–water partition coefficient (Wildman–Crippen LogP) is 5.31. The van der Waals surface area contributed by atoms with E-state index in [1.165, 1.54) is 18.2 Å². The van der Waals surface area contributed by atoms with E-state index in [9.17, 15) is 23.2 Å². The Kier molecular flexibility index (Phi) is 8.47. The van der Waals surface area contributed by atoms with E-state index in [1.54, 1.807) is 36.3 Å². The molecular formula is C31H31F2N3O5. The van der Waals surface area contributed by atoms with Crippen LogP contribution in [-0.2, 0) is 9.59 Å². The minimum atomic E-state index is -3.03. The highest BCUT2D eigenvalue weighted by Crippen LogP contribution is 2.33. The Balaban J connectivity index is 1.14. The average molecular weight is 564 g/mol. The van der Waals surface area contributed by atoms with Gasteiger partial charge in [-0.25, -0.2) is 0 Å². The van der Waals surface area contributed by atoms with Crippen LogP contribution in [0.4, 0.5) is 20.2 Å². The molecule has 0 aliphatic carbocycles. The van der Waals surface area contributed by atoms with Crippen molar-refractivity contribution < 1.29 is 32.6 Å². The number of methoxy groups -OCH3 is 1. The van der Waals surface area contributed by atoms with Crippen molar-refractivity contribution in [1.29, 1.82) is 0 Å². The third-order valence-electron chi connectivity index (χ3n) is 7.63. The standard InChI is InChI=1S/C31H31F2N3O5/c1-40-25-6-4-5-24(18-25)36-19-22(17-28(36)37)30(39)35-15-13-21(14-16-35)20-9-11-23(12-10-20)34-29(38)26-7-2-3-8-27(26)41-31(32)33/h2-12,18,21-22,31H,13-17,19H2,1H3,(H,34,38). The van der Waals surface area contributed by atoms with E-state index in [2.05, 4.69) is 10.1 Å². The number of amides is 3. The molecule has 0 spiro atoms. The molecule has 2 heterocycles. The summed E-state index contributed by atoms with van der Waals surface area (Å²) in [6.07, 6.45) is 1.77. The molecule has 0 saturated carbocycles. The first-order valence-electron chi connectivity index (χ1n) is 13.5. The van der Waals surface area contributed by atoms with Crippen LogP contribution in [0.2, 0.25) is 0 Å². The minimum absolute atomic E-state index is 0.0105. The highest BCUT2D eigenvalue weighted by Gasteiger charge is 2.38. The Labute approximate surface area is 236 Å². The number of nitrogens with one attached hydrogen (secondary N) is 1. The molecule has 0 radical (unpaired) electrons. The zero-order valence-corrected chi connectivity index (χ0v) is 22.6. The summed E-state index contributed by atoms with van der Waals surface area (Å²) in [7, 11) is 1.57. The number of ether oxygens (including phenoxy) is 2. The third-order valence-corrected chi connectivity index (χ3v) is 7.63. The monoisotopic (exact) mass is 563 g/mol. The van der Waals surface area contributed by atoms with Crippen LogP contribution < -0.4 is 19.7 Å². The predicted molar refractivity (Wildman–Crippen MR) is 149 cm³/mol. The van der Waals surface area contributed by atoms with Crippen molar-refractivity contribution in [3.05, 3.63) is 83.9 Å². The maximum Gasteiger partial charge on any atom is 0.387 e. The van der Waals surface area contributed by atoms with Crippen LogP contribution in [0.1, 0.15) is 41.1 Å². The fraction of sp³-hybridized carbons (Fsp3) is 0.323. The lowest BCUT2D eigenvalue weighted by Crippen LogP contribution is -2.42. The number of rotatable bonds is 8. The Morgan fingerprint density at radius 3 is 2.41 bits per heavy atom. The summed E-state index contributed by atoms with van der Waals surface area (Å²) >= 11 is 0. The number of carbonyl (C=O) groups is 3. The lowest BCUT2D eigenvalue weighted by Gasteiger charge is -2.33. The van der Waals surface area contributed by atoms with Gasteiger partial charge in [-0.1, -0.05) is 30.3 Å². The number of likely N-dealkylation sites (tertiary alicyclic amines) is 1. The van der Waals surface area contributed by atoms with Crippen molar-refractivity contribution in [2.75, 3.05) is 37.0 Å². The Morgan fingerprint density at radius 1 is 0.976 bits per heavy atom. The van der Waals surface area contributed by atoms with Crippen LogP contribution >= 0.6 is 0 Å². The number of benzene rings is 3. The van der Waals surface area contributed by atoms with Crippen LogP contribution in [0.3, 0.4) is 0 Å². The van der Waals surface area contributed by atoms with E-state index in [0.29, 0.717) is 31.1 Å². The van der Waals surface area contributed by atoms with Crippen LogP contribution in [0.5, 0.6) is 11.5 Å². The van der Waals surface area contributed by atoms with Gasteiger partial charge >= 0.3 is 6.61 Å². The summed E-state index contributed by atoms with van der Waals surface area (Å²) < 4.78 is 35.1. The lowest BCUT2D eigenvalue weighted by atomic mass is 9.89. The molecule has 3 aromatic carbocycles. The molecule has 8 nitrogen and oxygen atoms in total. The normalized spacial score (nSPS) is 17.6. The molecule has 2 saturated heterocycles. The van der Waals surface area contributed by atoms with E-state index < -0.39 is 12.5 Å². The largest absolute Gasteiger partial charge is 0.497 e. The molecular weight excluding hydrogens is 532 g/mol. The minimum Gasteiger partial charge on any atom is -0.497 e.